The fraction of sp³-hybridized carbons (Fsp3) is 0.800. The maximum Gasteiger partial charge on any atom is 0.346 e. The highest BCUT2D eigenvalue weighted by Gasteiger charge is 2.48. The van der Waals surface area contributed by atoms with Gasteiger partial charge in [-0.15, -0.1) is 5.10 Å². The molecule has 0 saturated heterocycles. The summed E-state index contributed by atoms with van der Waals surface area (Å²) in [7, 11) is -1.90. The molecule has 1 aromatic heterocycles. The second-order valence-corrected chi connectivity index (χ2v) is 9.16. The van der Waals surface area contributed by atoms with Crippen molar-refractivity contribution in [3.05, 3.63) is 5.82 Å². The van der Waals surface area contributed by atoms with Gasteiger partial charge in [0.05, 0.1) is 5.25 Å². The topological polar surface area (TPSA) is 85.2 Å². The average molecular weight is 340 g/mol. The van der Waals surface area contributed by atoms with Crippen LogP contribution >= 0.6 is 0 Å². The summed E-state index contributed by atoms with van der Waals surface area (Å²) in [5.74, 6) is 1.06. The van der Waals surface area contributed by atoms with Gasteiger partial charge < -0.3 is 4.90 Å². The Labute approximate surface area is 137 Å². The van der Waals surface area contributed by atoms with Crippen LogP contribution in [-0.2, 0) is 9.84 Å². The molecular formula is C15H24N4O3S. The molecular weight excluding hydrogens is 316 g/mol. The van der Waals surface area contributed by atoms with Crippen LogP contribution < -0.4 is 0 Å². The van der Waals surface area contributed by atoms with Crippen molar-refractivity contribution < 1.29 is 13.2 Å². The van der Waals surface area contributed by atoms with Crippen molar-refractivity contribution in [1.82, 2.24) is 19.7 Å². The van der Waals surface area contributed by atoms with Crippen LogP contribution in [0, 0.1) is 18.8 Å². The molecule has 1 amide bonds. The molecule has 1 aromatic rings. The summed E-state index contributed by atoms with van der Waals surface area (Å²) in [6.07, 6.45) is 3.82. The summed E-state index contributed by atoms with van der Waals surface area (Å²) in [6, 6.07) is -0.365. The van der Waals surface area contributed by atoms with E-state index >= 15 is 0 Å². The van der Waals surface area contributed by atoms with Crippen molar-refractivity contribution in [2.75, 3.05) is 7.05 Å². The van der Waals surface area contributed by atoms with E-state index in [0.29, 0.717) is 18.2 Å². The minimum absolute atomic E-state index is 0.00303. The summed E-state index contributed by atoms with van der Waals surface area (Å²) >= 11 is 0. The predicted molar refractivity (Wildman–Crippen MR) is 84.9 cm³/mol. The Morgan fingerprint density at radius 2 is 2.00 bits per heavy atom. The van der Waals surface area contributed by atoms with Crippen molar-refractivity contribution in [3.8, 4) is 0 Å². The molecule has 2 bridgehead atoms. The third-order valence-corrected chi connectivity index (χ3v) is 7.39. The number of carbonyl (C=O) groups is 1. The van der Waals surface area contributed by atoms with Gasteiger partial charge in [0.15, 0.2) is 0 Å². The minimum atomic E-state index is -3.56. The average Bonchev–Trinajstić information content (AvgIpc) is 3.20. The van der Waals surface area contributed by atoms with Gasteiger partial charge in [-0.25, -0.2) is 18.2 Å². The summed E-state index contributed by atoms with van der Waals surface area (Å²) < 4.78 is 26.8. The zero-order valence-corrected chi connectivity index (χ0v) is 14.9. The first-order valence-corrected chi connectivity index (χ1v) is 9.71. The molecule has 2 aliphatic carbocycles. The van der Waals surface area contributed by atoms with Gasteiger partial charge >= 0.3 is 6.03 Å². The minimum Gasteiger partial charge on any atom is -0.323 e. The lowest BCUT2D eigenvalue weighted by Gasteiger charge is -2.21. The molecule has 0 unspecified atom stereocenters. The first-order chi connectivity index (χ1) is 10.7. The van der Waals surface area contributed by atoms with Crippen molar-refractivity contribution in [2.24, 2.45) is 11.8 Å². The number of hydrogen-bond donors (Lipinski definition) is 0. The number of sulfone groups is 1. The lowest BCUT2D eigenvalue weighted by Crippen LogP contribution is -2.37. The molecule has 8 heteroatoms. The lowest BCUT2D eigenvalue weighted by molar-refractivity contribution is 0.195. The van der Waals surface area contributed by atoms with Gasteiger partial charge in [-0.3, -0.25) is 0 Å². The maximum absolute atomic E-state index is 12.9. The molecule has 2 fully saturated rings. The Bertz CT molecular complexity index is 725. The molecule has 128 valence electrons. The number of rotatable bonds is 3. The number of aryl methyl sites for hydroxylation is 1. The first-order valence-electron chi connectivity index (χ1n) is 8.16. The van der Waals surface area contributed by atoms with Gasteiger partial charge in [0.2, 0.25) is 9.84 Å². The van der Waals surface area contributed by atoms with E-state index in [9.17, 15) is 13.2 Å². The van der Waals surface area contributed by atoms with Crippen LogP contribution in [0.2, 0.25) is 0 Å². The van der Waals surface area contributed by atoms with E-state index in [0.717, 1.165) is 23.9 Å². The zero-order chi connectivity index (χ0) is 16.9. The summed E-state index contributed by atoms with van der Waals surface area (Å²) in [5, 5.41) is 3.46. The third-order valence-electron chi connectivity index (χ3n) is 5.33. The van der Waals surface area contributed by atoms with Gasteiger partial charge in [-0.05, 0) is 51.9 Å². The smallest absolute Gasteiger partial charge is 0.323 e. The molecule has 7 nitrogen and oxygen atoms in total. The van der Waals surface area contributed by atoms with Crippen molar-refractivity contribution >= 4 is 15.9 Å². The quantitative estimate of drug-likeness (QED) is 0.838. The maximum atomic E-state index is 12.9. The SMILES string of the molecule is Cc1nc(S(=O)(=O)[C@@H]2C[C@H]3CC[C@@H]2C3)nn1C(=O)N(C)C(C)C. The van der Waals surface area contributed by atoms with Crippen molar-refractivity contribution in [3.63, 3.8) is 0 Å². The van der Waals surface area contributed by atoms with Crippen LogP contribution in [0.25, 0.3) is 0 Å². The first kappa shape index (κ1) is 16.4. The Morgan fingerprint density at radius 3 is 2.52 bits per heavy atom. The van der Waals surface area contributed by atoms with E-state index in [1.54, 1.807) is 14.0 Å². The van der Waals surface area contributed by atoms with Crippen LogP contribution in [0.5, 0.6) is 0 Å². The second kappa shape index (κ2) is 5.58. The van der Waals surface area contributed by atoms with Gasteiger partial charge in [0, 0.05) is 13.1 Å². The van der Waals surface area contributed by atoms with Crippen molar-refractivity contribution in [1.29, 1.82) is 0 Å². The highest BCUT2D eigenvalue weighted by molar-refractivity contribution is 7.91. The van der Waals surface area contributed by atoms with Gasteiger partial charge in [-0.1, -0.05) is 6.42 Å². The van der Waals surface area contributed by atoms with Gasteiger partial charge in [0.1, 0.15) is 5.82 Å². The number of carbonyl (C=O) groups excluding carboxylic acids is 1. The van der Waals surface area contributed by atoms with Crippen LogP contribution in [0.3, 0.4) is 0 Å². The van der Waals surface area contributed by atoms with Crippen LogP contribution in [0.1, 0.15) is 45.4 Å². The van der Waals surface area contributed by atoms with E-state index in [-0.39, 0.29) is 28.4 Å². The summed E-state index contributed by atoms with van der Waals surface area (Å²) in [4.78, 5) is 18.0. The fourth-order valence-corrected chi connectivity index (χ4v) is 5.74. The van der Waals surface area contributed by atoms with Crippen LogP contribution in [0.4, 0.5) is 4.79 Å². The molecule has 23 heavy (non-hydrogen) atoms. The van der Waals surface area contributed by atoms with E-state index in [1.807, 2.05) is 13.8 Å². The van der Waals surface area contributed by atoms with E-state index in [4.69, 9.17) is 0 Å². The summed E-state index contributed by atoms with van der Waals surface area (Å²) in [6.45, 7) is 5.38. The Kier molecular flexibility index (Phi) is 3.98. The zero-order valence-electron chi connectivity index (χ0n) is 14.1. The number of hydrogen-bond acceptors (Lipinski definition) is 5. The molecule has 0 spiro atoms. The molecule has 0 aliphatic heterocycles. The largest absolute Gasteiger partial charge is 0.346 e. The van der Waals surface area contributed by atoms with Crippen LogP contribution in [0.15, 0.2) is 5.16 Å². The standard InChI is InChI=1S/C15H24N4O3S/c1-9(2)18(4)15(20)19-10(3)16-14(17-19)23(21,22)13-8-11-5-6-12(13)7-11/h9,11-13H,5-8H2,1-4H3/t11-,12+,13+/m0/s1. The molecule has 2 saturated carbocycles. The Balaban J connectivity index is 1.90. The normalized spacial score (nSPS) is 26.9. The van der Waals surface area contributed by atoms with Crippen LogP contribution in [-0.4, -0.2) is 52.5 Å². The number of amides is 1. The van der Waals surface area contributed by atoms with E-state index < -0.39 is 9.84 Å². The van der Waals surface area contributed by atoms with Gasteiger partial charge in [0.25, 0.3) is 5.16 Å². The molecule has 0 aromatic carbocycles. The molecule has 1 heterocycles. The van der Waals surface area contributed by atoms with Crippen molar-refractivity contribution in [2.45, 2.75) is 62.9 Å². The number of nitrogens with zero attached hydrogens (tertiary/aromatic N) is 4. The highest BCUT2D eigenvalue weighted by atomic mass is 32.2. The second-order valence-electron chi connectivity index (χ2n) is 7.10. The molecule has 0 radical (unpaired) electrons. The fourth-order valence-electron chi connectivity index (χ4n) is 3.74. The van der Waals surface area contributed by atoms with E-state index in [2.05, 4.69) is 10.1 Å². The van der Waals surface area contributed by atoms with Gasteiger partial charge in [-0.2, -0.15) is 4.68 Å². The van der Waals surface area contributed by atoms with E-state index in [1.165, 1.54) is 4.90 Å². The number of aromatic nitrogens is 3. The monoisotopic (exact) mass is 340 g/mol. The molecule has 2 aliphatic rings. The number of fused-ring (bicyclic) bond motifs is 2. The highest BCUT2D eigenvalue weighted by Crippen LogP contribution is 2.48. The predicted octanol–water partition coefficient (Wildman–Crippen LogP) is 1.86. The Hall–Kier alpha value is -1.44. The third kappa shape index (κ3) is 2.66. The molecule has 3 rings (SSSR count). The molecule has 3 atom stereocenters. The summed E-state index contributed by atoms with van der Waals surface area (Å²) in [5.41, 5.74) is 0. The lowest BCUT2D eigenvalue weighted by atomic mass is 10.0. The Morgan fingerprint density at radius 1 is 1.30 bits per heavy atom. The molecule has 0 N–H and O–H groups in total.